The Morgan fingerprint density at radius 3 is 1.00 bits per heavy atom. The predicted octanol–water partition coefficient (Wildman–Crippen LogP) is 20.2. The van der Waals surface area contributed by atoms with Gasteiger partial charge in [0.25, 0.3) is 0 Å². The van der Waals surface area contributed by atoms with Crippen molar-refractivity contribution in [2.75, 3.05) is 13.2 Å². The Morgan fingerprint density at radius 1 is 0.380 bits per heavy atom. The Balaban J connectivity index is 3.33. The van der Waals surface area contributed by atoms with Gasteiger partial charge in [-0.15, -0.1) is 0 Å². The van der Waals surface area contributed by atoms with E-state index in [1.165, 1.54) is 283 Å². The van der Waals surface area contributed by atoms with Gasteiger partial charge in [-0.25, -0.2) is 0 Å². The van der Waals surface area contributed by atoms with Gasteiger partial charge in [0.2, 0.25) is 5.91 Å². The first-order chi connectivity index (χ1) is 35.0. The molecular formula is C65H125NO5. The third kappa shape index (κ3) is 57.5. The molecule has 6 nitrogen and oxygen atoms in total. The molecule has 0 aliphatic heterocycles. The zero-order valence-corrected chi connectivity index (χ0v) is 48.0. The molecule has 0 heterocycles. The van der Waals surface area contributed by atoms with E-state index in [1.54, 1.807) is 6.08 Å². The summed E-state index contributed by atoms with van der Waals surface area (Å²) in [5.74, 6) is -0.0523. The van der Waals surface area contributed by atoms with Crippen LogP contribution in [0.25, 0.3) is 0 Å². The maximum atomic E-state index is 12.4. The van der Waals surface area contributed by atoms with Crippen LogP contribution in [0.3, 0.4) is 0 Å². The molecule has 0 fully saturated rings. The second-order valence-corrected chi connectivity index (χ2v) is 22.1. The number of ether oxygens (including phenoxy) is 1. The van der Waals surface area contributed by atoms with E-state index >= 15 is 0 Å². The summed E-state index contributed by atoms with van der Waals surface area (Å²) in [7, 11) is 0. The Labute approximate surface area is 443 Å². The largest absolute Gasteiger partial charge is 0.466 e. The molecule has 2 unspecified atom stereocenters. The van der Waals surface area contributed by atoms with Crippen molar-refractivity contribution in [1.82, 2.24) is 5.32 Å². The van der Waals surface area contributed by atoms with Crippen molar-refractivity contribution in [2.45, 2.75) is 366 Å². The van der Waals surface area contributed by atoms with Crippen molar-refractivity contribution in [3.63, 3.8) is 0 Å². The molecule has 0 rings (SSSR count). The zero-order valence-electron chi connectivity index (χ0n) is 48.0. The lowest BCUT2D eigenvalue weighted by Crippen LogP contribution is -2.45. The molecule has 0 radical (unpaired) electrons. The smallest absolute Gasteiger partial charge is 0.305 e. The number of rotatable bonds is 60. The van der Waals surface area contributed by atoms with Gasteiger partial charge in [0, 0.05) is 12.8 Å². The van der Waals surface area contributed by atoms with Crippen LogP contribution >= 0.6 is 0 Å². The summed E-state index contributed by atoms with van der Waals surface area (Å²) in [6.07, 6.45) is 75.3. The molecular weight excluding hydrogens is 875 g/mol. The van der Waals surface area contributed by atoms with Crippen LogP contribution in [-0.4, -0.2) is 47.4 Å². The van der Waals surface area contributed by atoms with E-state index in [0.29, 0.717) is 19.4 Å². The average Bonchev–Trinajstić information content (AvgIpc) is 3.37. The number of hydrogen-bond acceptors (Lipinski definition) is 5. The number of unbranched alkanes of at least 4 members (excludes halogenated alkanes) is 47. The van der Waals surface area contributed by atoms with Crippen molar-refractivity contribution in [2.24, 2.45) is 0 Å². The molecule has 2 atom stereocenters. The monoisotopic (exact) mass is 1000 g/mol. The maximum Gasteiger partial charge on any atom is 0.305 e. The summed E-state index contributed by atoms with van der Waals surface area (Å²) < 4.78 is 5.50. The number of amides is 1. The molecule has 0 aliphatic carbocycles. The highest BCUT2D eigenvalue weighted by Crippen LogP contribution is 2.18. The Morgan fingerprint density at radius 2 is 0.662 bits per heavy atom. The molecule has 0 aromatic carbocycles. The molecule has 0 aromatic rings. The molecule has 1 amide bonds. The number of aliphatic hydroxyl groups excluding tert-OH is 2. The van der Waals surface area contributed by atoms with Gasteiger partial charge in [0.05, 0.1) is 25.4 Å². The van der Waals surface area contributed by atoms with Crippen molar-refractivity contribution in [3.05, 3.63) is 24.3 Å². The molecule has 0 spiro atoms. The predicted molar refractivity (Wildman–Crippen MR) is 310 cm³/mol. The van der Waals surface area contributed by atoms with E-state index in [-0.39, 0.29) is 18.5 Å². The van der Waals surface area contributed by atoms with Crippen LogP contribution < -0.4 is 5.32 Å². The van der Waals surface area contributed by atoms with Crippen LogP contribution in [0, 0.1) is 0 Å². The molecule has 0 aromatic heterocycles. The van der Waals surface area contributed by atoms with E-state index < -0.39 is 12.1 Å². The fourth-order valence-corrected chi connectivity index (χ4v) is 10.0. The van der Waals surface area contributed by atoms with Crippen molar-refractivity contribution in [1.29, 1.82) is 0 Å². The summed E-state index contributed by atoms with van der Waals surface area (Å²) >= 11 is 0. The number of esters is 1. The van der Waals surface area contributed by atoms with E-state index in [0.717, 1.165) is 44.9 Å². The van der Waals surface area contributed by atoms with Crippen LogP contribution in [0.2, 0.25) is 0 Å². The maximum absolute atomic E-state index is 12.4. The lowest BCUT2D eigenvalue weighted by molar-refractivity contribution is -0.143. The molecule has 0 aliphatic rings. The molecule has 6 heteroatoms. The minimum atomic E-state index is -0.840. The van der Waals surface area contributed by atoms with Crippen LogP contribution in [0.5, 0.6) is 0 Å². The zero-order chi connectivity index (χ0) is 51.4. The molecule has 3 N–H and O–H groups in total. The van der Waals surface area contributed by atoms with Gasteiger partial charge in [-0.2, -0.15) is 0 Å². The van der Waals surface area contributed by atoms with Crippen molar-refractivity contribution >= 4 is 11.9 Å². The fraction of sp³-hybridized carbons (Fsp3) is 0.908. The summed E-state index contributed by atoms with van der Waals surface area (Å²) in [4.78, 5) is 24.5. The van der Waals surface area contributed by atoms with Gasteiger partial charge in [0.1, 0.15) is 0 Å². The van der Waals surface area contributed by atoms with E-state index in [2.05, 4.69) is 31.3 Å². The number of nitrogens with one attached hydrogen (secondary N) is 1. The Kier molecular flexibility index (Phi) is 59.5. The van der Waals surface area contributed by atoms with Crippen LogP contribution in [0.4, 0.5) is 0 Å². The summed E-state index contributed by atoms with van der Waals surface area (Å²) in [5, 5.41) is 23.0. The molecule has 0 saturated heterocycles. The summed E-state index contributed by atoms with van der Waals surface area (Å²) in [6.45, 7) is 4.90. The lowest BCUT2D eigenvalue weighted by atomic mass is 10.0. The number of allylic oxidation sites excluding steroid dienone is 3. The molecule has 0 bridgehead atoms. The van der Waals surface area contributed by atoms with Gasteiger partial charge in [-0.3, -0.25) is 9.59 Å². The minimum Gasteiger partial charge on any atom is -0.466 e. The highest BCUT2D eigenvalue weighted by atomic mass is 16.5. The molecule has 420 valence electrons. The van der Waals surface area contributed by atoms with Crippen LogP contribution in [0.15, 0.2) is 24.3 Å². The number of aliphatic hydroxyl groups is 2. The normalized spacial score (nSPS) is 12.7. The number of hydrogen-bond donors (Lipinski definition) is 3. The molecule has 0 saturated carbocycles. The van der Waals surface area contributed by atoms with Gasteiger partial charge in [-0.1, -0.05) is 308 Å². The first-order valence-corrected chi connectivity index (χ1v) is 32.1. The number of carbonyl (C=O) groups is 2. The van der Waals surface area contributed by atoms with Gasteiger partial charge in [0.15, 0.2) is 0 Å². The third-order valence-electron chi connectivity index (χ3n) is 15.0. The Bertz CT molecular complexity index is 1110. The summed E-state index contributed by atoms with van der Waals surface area (Å²) in [5.41, 5.74) is 0. The number of carbonyl (C=O) groups excluding carboxylic acids is 2. The Hall–Kier alpha value is -1.66. The first-order valence-electron chi connectivity index (χ1n) is 32.1. The third-order valence-corrected chi connectivity index (χ3v) is 15.0. The molecule has 71 heavy (non-hydrogen) atoms. The SMILES string of the molecule is CCCCCCCCC/C=C\CCCCCCCCCC(=O)OCCCCCCCCCCCCCCCCCCCCCCCCCCCCC(=O)NC(CO)C(O)/C=C/CCCCCCCCCC. The van der Waals surface area contributed by atoms with Crippen molar-refractivity contribution < 1.29 is 24.5 Å². The fourth-order valence-electron chi connectivity index (χ4n) is 10.0. The highest BCUT2D eigenvalue weighted by molar-refractivity contribution is 5.76. The topological polar surface area (TPSA) is 95.9 Å². The van der Waals surface area contributed by atoms with Crippen molar-refractivity contribution in [3.8, 4) is 0 Å². The second kappa shape index (κ2) is 60.9. The second-order valence-electron chi connectivity index (χ2n) is 22.1. The lowest BCUT2D eigenvalue weighted by Gasteiger charge is -2.20. The quantitative estimate of drug-likeness (QED) is 0.0320. The van der Waals surface area contributed by atoms with E-state index in [9.17, 15) is 19.8 Å². The first kappa shape index (κ1) is 69.3. The van der Waals surface area contributed by atoms with Gasteiger partial charge >= 0.3 is 5.97 Å². The van der Waals surface area contributed by atoms with E-state index in [1.807, 2.05) is 6.08 Å². The van der Waals surface area contributed by atoms with Crippen LogP contribution in [0.1, 0.15) is 354 Å². The highest BCUT2D eigenvalue weighted by Gasteiger charge is 2.18. The van der Waals surface area contributed by atoms with Crippen LogP contribution in [-0.2, 0) is 14.3 Å². The summed E-state index contributed by atoms with van der Waals surface area (Å²) in [6, 6.07) is -0.624. The van der Waals surface area contributed by atoms with Gasteiger partial charge in [-0.05, 0) is 57.8 Å². The standard InChI is InChI=1S/C65H125NO5/c1-3-5-7-9-11-13-15-16-17-18-30-33-36-39-43-47-51-55-59-65(70)71-60-56-52-48-44-40-37-34-31-28-26-24-22-20-19-21-23-25-27-29-32-35-38-42-46-50-54-58-64(69)66-62(61-67)63(68)57-53-49-45-41-14-12-10-8-6-4-2/h17-18,53,57,62-63,67-68H,3-16,19-52,54-56,58-61H2,1-2H3,(H,66,69)/b18-17-,57-53+. The van der Waals surface area contributed by atoms with Gasteiger partial charge < -0.3 is 20.3 Å². The average molecular weight is 1000 g/mol. The van der Waals surface area contributed by atoms with E-state index in [4.69, 9.17) is 4.74 Å². The minimum absolute atomic E-state index is 0.0142.